The van der Waals surface area contributed by atoms with Gasteiger partial charge < -0.3 is 34.7 Å². The molecule has 1 aromatic carbocycles. The number of fused-ring (bicyclic) bond motifs is 1. The van der Waals surface area contributed by atoms with Crippen LogP contribution in [0, 0.1) is 5.41 Å². The number of likely N-dealkylation sites (N-methyl/N-ethyl adjacent to an activating group) is 2. The first-order chi connectivity index (χ1) is 23.8. The maximum atomic E-state index is 14.6. The van der Waals surface area contributed by atoms with E-state index in [-0.39, 0.29) is 18.7 Å². The smallest absolute Gasteiger partial charge is 0.410 e. The summed E-state index contributed by atoms with van der Waals surface area (Å²) in [6.07, 6.45) is 2.03. The van der Waals surface area contributed by atoms with E-state index in [9.17, 15) is 33.9 Å². The molecule has 288 valence electrons. The van der Waals surface area contributed by atoms with E-state index in [0.717, 1.165) is 16.5 Å². The molecule has 0 radical (unpaired) electrons. The van der Waals surface area contributed by atoms with Crippen LogP contribution in [0.25, 0.3) is 10.9 Å². The minimum atomic E-state index is -1.39. The van der Waals surface area contributed by atoms with Crippen molar-refractivity contribution >= 4 is 46.7 Å². The molecule has 2 aromatic rings. The number of rotatable bonds is 14. The van der Waals surface area contributed by atoms with Crippen molar-refractivity contribution in [3.05, 3.63) is 47.7 Å². The lowest BCUT2D eigenvalue weighted by Gasteiger charge is -2.41. The van der Waals surface area contributed by atoms with Gasteiger partial charge in [0.2, 0.25) is 17.7 Å². The Morgan fingerprint density at radius 1 is 0.962 bits per heavy atom. The van der Waals surface area contributed by atoms with Gasteiger partial charge in [0.15, 0.2) is 0 Å². The number of aromatic nitrogens is 1. The summed E-state index contributed by atoms with van der Waals surface area (Å²) in [6, 6.07) is 4.19. The Bertz CT molecular complexity index is 1680. The molecule has 0 aliphatic carbocycles. The molecule has 4 amide bonds. The number of nitrogens with zero attached hydrogens (tertiary/aromatic N) is 3. The molecule has 0 saturated heterocycles. The zero-order valence-corrected chi connectivity index (χ0v) is 32.9. The molecule has 0 saturated carbocycles. The number of aliphatic carboxylic acids is 1. The molecule has 3 unspecified atom stereocenters. The molecule has 0 bridgehead atoms. The minimum Gasteiger partial charge on any atom is -0.481 e. The number of hydrogen-bond donors (Lipinski definition) is 3. The lowest BCUT2D eigenvalue weighted by Crippen LogP contribution is -2.62. The average Bonchev–Trinajstić information content (AvgIpc) is 3.37. The van der Waals surface area contributed by atoms with Crippen LogP contribution in [0.1, 0.15) is 81.2 Å². The second-order valence-electron chi connectivity index (χ2n) is 15.7. The Labute approximate surface area is 306 Å². The van der Waals surface area contributed by atoms with E-state index in [1.807, 2.05) is 55.9 Å². The van der Waals surface area contributed by atoms with E-state index in [1.54, 1.807) is 48.5 Å². The molecule has 0 aliphatic rings. The molecule has 3 atom stereocenters. The van der Waals surface area contributed by atoms with Crippen molar-refractivity contribution in [2.45, 2.75) is 105 Å². The Morgan fingerprint density at radius 3 is 2.10 bits per heavy atom. The summed E-state index contributed by atoms with van der Waals surface area (Å²) >= 11 is 0. The lowest BCUT2D eigenvalue weighted by atomic mass is 9.76. The number of nitrogens with one attached hydrogen (secondary N) is 2. The molecular formula is C38H57N5O9. The van der Waals surface area contributed by atoms with Crippen LogP contribution < -0.4 is 10.6 Å². The van der Waals surface area contributed by atoms with E-state index < -0.39 is 76.7 Å². The summed E-state index contributed by atoms with van der Waals surface area (Å²) in [4.78, 5) is 81.0. The van der Waals surface area contributed by atoms with E-state index in [4.69, 9.17) is 9.47 Å². The molecule has 0 aliphatic heterocycles. The third kappa shape index (κ3) is 11.1. The fraction of sp³-hybridized carbons (Fsp3) is 0.579. The largest absolute Gasteiger partial charge is 0.481 e. The summed E-state index contributed by atoms with van der Waals surface area (Å²) in [5, 5.41) is 15.4. The number of esters is 1. The molecule has 1 aromatic heterocycles. The Balaban J connectivity index is 2.45. The molecule has 2 rings (SSSR count). The predicted molar refractivity (Wildman–Crippen MR) is 197 cm³/mol. The molecule has 0 spiro atoms. The number of carbonyl (C=O) groups excluding carboxylic acids is 5. The van der Waals surface area contributed by atoms with Crippen LogP contribution in [0.2, 0.25) is 0 Å². The third-order valence-electron chi connectivity index (χ3n) is 8.65. The van der Waals surface area contributed by atoms with E-state index in [0.29, 0.717) is 0 Å². The monoisotopic (exact) mass is 727 g/mol. The van der Waals surface area contributed by atoms with Gasteiger partial charge in [0.25, 0.3) is 0 Å². The minimum absolute atomic E-state index is 0.0106. The highest BCUT2D eigenvalue weighted by atomic mass is 16.6. The maximum Gasteiger partial charge on any atom is 0.410 e. The number of benzene rings is 1. The highest BCUT2D eigenvalue weighted by Gasteiger charge is 2.46. The summed E-state index contributed by atoms with van der Waals surface area (Å²) in [7, 11) is 4.94. The topological polar surface area (TPSA) is 177 Å². The standard InChI is InChI=1S/C38H57N5O9/c1-14-51-34(49)26(21-28(44)45)39-31(46)23(2)19-20-41(11)33(48)29(36(3,4)5)40-32(47)30(43(13)35(50)52-37(6,7)8)38(9,10)25-22-42(12)27-18-16-15-17-24(25)27/h15-19,22,26,29-30H,14,20-21H2,1-13H3,(H,39,46)(H,40,47)(H,44,45)/b23-19+. The fourth-order valence-corrected chi connectivity index (χ4v) is 5.86. The van der Waals surface area contributed by atoms with Crippen LogP contribution in [-0.2, 0) is 45.9 Å². The van der Waals surface area contributed by atoms with Crippen LogP contribution in [0.15, 0.2) is 42.1 Å². The zero-order valence-electron chi connectivity index (χ0n) is 32.9. The van der Waals surface area contributed by atoms with Crippen molar-refractivity contribution in [1.82, 2.24) is 25.0 Å². The first-order valence-corrected chi connectivity index (χ1v) is 17.2. The summed E-state index contributed by atoms with van der Waals surface area (Å²) < 4.78 is 12.5. The van der Waals surface area contributed by atoms with Crippen LogP contribution in [0.4, 0.5) is 4.79 Å². The number of hydrogen-bond acceptors (Lipinski definition) is 8. The van der Waals surface area contributed by atoms with Crippen LogP contribution in [-0.4, -0.2) is 106 Å². The second kappa shape index (κ2) is 17.1. The first kappa shape index (κ1) is 43.3. The van der Waals surface area contributed by atoms with Crippen LogP contribution in [0.5, 0.6) is 0 Å². The Morgan fingerprint density at radius 2 is 1.56 bits per heavy atom. The van der Waals surface area contributed by atoms with Crippen molar-refractivity contribution in [2.75, 3.05) is 27.2 Å². The number of ether oxygens (including phenoxy) is 2. The van der Waals surface area contributed by atoms with E-state index >= 15 is 0 Å². The van der Waals surface area contributed by atoms with Gasteiger partial charge in [0.05, 0.1) is 13.0 Å². The van der Waals surface area contributed by atoms with Gasteiger partial charge in [-0.3, -0.25) is 24.1 Å². The second-order valence-corrected chi connectivity index (χ2v) is 15.7. The Hall–Kier alpha value is -4.88. The molecule has 52 heavy (non-hydrogen) atoms. The van der Waals surface area contributed by atoms with Gasteiger partial charge in [-0.1, -0.05) is 58.9 Å². The van der Waals surface area contributed by atoms with E-state index in [1.165, 1.54) is 36.9 Å². The zero-order chi connectivity index (χ0) is 39.9. The lowest BCUT2D eigenvalue weighted by molar-refractivity contribution is -0.151. The summed E-state index contributed by atoms with van der Waals surface area (Å²) in [6.45, 7) is 17.4. The number of carboxylic acid groups (broad SMARTS) is 1. The number of para-hydroxylation sites is 1. The number of amides is 4. The number of aryl methyl sites for hydroxylation is 1. The van der Waals surface area contributed by atoms with Gasteiger partial charge in [-0.25, -0.2) is 9.59 Å². The van der Waals surface area contributed by atoms with Gasteiger partial charge in [-0.15, -0.1) is 0 Å². The SMILES string of the molecule is CCOC(=O)C(CC(=O)O)NC(=O)/C(C)=C/CN(C)C(=O)C(NC(=O)C(N(C)C(=O)OC(C)(C)C)C(C)(C)c1cn(C)c2ccccc12)C(C)(C)C. The number of carbonyl (C=O) groups is 6. The first-order valence-electron chi connectivity index (χ1n) is 17.2. The predicted octanol–water partition coefficient (Wildman–Crippen LogP) is 4.15. The van der Waals surface area contributed by atoms with Crippen molar-refractivity contribution in [1.29, 1.82) is 0 Å². The van der Waals surface area contributed by atoms with Gasteiger partial charge in [0, 0.05) is 55.8 Å². The molecule has 14 nitrogen and oxygen atoms in total. The van der Waals surface area contributed by atoms with Crippen molar-refractivity contribution < 1.29 is 43.3 Å². The highest BCUT2D eigenvalue weighted by molar-refractivity contribution is 5.97. The summed E-state index contributed by atoms with van der Waals surface area (Å²) in [5.74, 6) is -3.89. The van der Waals surface area contributed by atoms with Crippen molar-refractivity contribution in [3.8, 4) is 0 Å². The third-order valence-corrected chi connectivity index (χ3v) is 8.65. The van der Waals surface area contributed by atoms with Gasteiger partial charge in [-0.2, -0.15) is 0 Å². The van der Waals surface area contributed by atoms with Crippen LogP contribution in [0.3, 0.4) is 0 Å². The molecule has 0 fully saturated rings. The van der Waals surface area contributed by atoms with Crippen LogP contribution >= 0.6 is 0 Å². The van der Waals surface area contributed by atoms with Crippen molar-refractivity contribution in [3.63, 3.8) is 0 Å². The Kier molecular flexibility index (Phi) is 14.2. The van der Waals surface area contributed by atoms with Crippen molar-refractivity contribution in [2.24, 2.45) is 12.5 Å². The van der Waals surface area contributed by atoms with Gasteiger partial charge >= 0.3 is 18.0 Å². The van der Waals surface area contributed by atoms with E-state index in [2.05, 4.69) is 10.6 Å². The fourth-order valence-electron chi connectivity index (χ4n) is 5.86. The molecular weight excluding hydrogens is 670 g/mol. The average molecular weight is 728 g/mol. The van der Waals surface area contributed by atoms with Gasteiger partial charge in [0.1, 0.15) is 23.7 Å². The molecule has 1 heterocycles. The highest BCUT2D eigenvalue weighted by Crippen LogP contribution is 2.37. The molecule has 14 heteroatoms. The summed E-state index contributed by atoms with van der Waals surface area (Å²) in [5.41, 5.74) is -0.704. The maximum absolute atomic E-state index is 14.6. The normalized spacial score (nSPS) is 14.1. The quantitative estimate of drug-likeness (QED) is 0.191. The van der Waals surface area contributed by atoms with Gasteiger partial charge in [-0.05, 0) is 51.7 Å². The number of carboxylic acids is 1. The molecule has 3 N–H and O–H groups in total.